The van der Waals surface area contributed by atoms with Crippen LogP contribution in [0, 0.1) is 10.6 Å². The fourth-order valence-electron chi connectivity index (χ4n) is 2.48. The maximum atomic E-state index is 13.2. The highest BCUT2D eigenvalue weighted by molar-refractivity contribution is 7.71. The number of nitrogens with one attached hydrogen (secondary N) is 1. The fraction of sp³-hybridized carbons (Fsp3) is 0.389. The van der Waals surface area contributed by atoms with Crippen molar-refractivity contribution in [3.63, 3.8) is 0 Å². The molecule has 1 aromatic heterocycles. The highest BCUT2D eigenvalue weighted by atomic mass is 32.1. The summed E-state index contributed by atoms with van der Waals surface area (Å²) in [6, 6.07) is 6.11. The molecular weight excluding hydrogens is 353 g/mol. The summed E-state index contributed by atoms with van der Waals surface area (Å²) in [6.07, 6.45) is 2.63. The Labute approximate surface area is 157 Å². The number of carbonyl (C=O) groups excluding carboxylic acids is 1. The molecule has 0 fully saturated rings. The van der Waals surface area contributed by atoms with Gasteiger partial charge in [0.2, 0.25) is 5.91 Å². The second kappa shape index (κ2) is 9.40. The first-order valence-corrected chi connectivity index (χ1v) is 8.86. The molecule has 1 aromatic carbocycles. The number of carbonyl (C=O) groups is 1. The Kier molecular flexibility index (Phi) is 7.23. The molecule has 2 aromatic rings. The van der Waals surface area contributed by atoms with Crippen LogP contribution in [-0.4, -0.2) is 45.3 Å². The van der Waals surface area contributed by atoms with E-state index in [9.17, 15) is 9.18 Å². The molecule has 0 bridgehead atoms. The second-order valence-electron chi connectivity index (χ2n) is 6.02. The largest absolute Gasteiger partial charge is 0.355 e. The van der Waals surface area contributed by atoms with Gasteiger partial charge in [0.1, 0.15) is 5.82 Å². The van der Waals surface area contributed by atoms with Gasteiger partial charge >= 0.3 is 0 Å². The van der Waals surface area contributed by atoms with E-state index in [4.69, 9.17) is 12.2 Å². The van der Waals surface area contributed by atoms with Crippen LogP contribution in [0.15, 0.2) is 36.9 Å². The van der Waals surface area contributed by atoms with Crippen LogP contribution in [-0.2, 0) is 18.0 Å². The SMILES string of the molecule is C=CCn1c(-c2ccc(F)cc2)nn(CN(C)CC(=O)NCCC)c1=S. The lowest BCUT2D eigenvalue weighted by atomic mass is 10.2. The van der Waals surface area contributed by atoms with Crippen molar-refractivity contribution in [1.82, 2.24) is 24.6 Å². The quantitative estimate of drug-likeness (QED) is 0.539. The predicted octanol–water partition coefficient (Wildman–Crippen LogP) is 2.82. The maximum absolute atomic E-state index is 13.2. The fourth-order valence-corrected chi connectivity index (χ4v) is 2.74. The molecule has 140 valence electrons. The van der Waals surface area contributed by atoms with E-state index < -0.39 is 0 Å². The third-order valence-electron chi connectivity index (χ3n) is 3.70. The normalized spacial score (nSPS) is 10.9. The van der Waals surface area contributed by atoms with Crippen molar-refractivity contribution in [1.29, 1.82) is 0 Å². The average Bonchev–Trinajstić information content (AvgIpc) is 2.90. The smallest absolute Gasteiger partial charge is 0.234 e. The second-order valence-corrected chi connectivity index (χ2v) is 6.38. The lowest BCUT2D eigenvalue weighted by Crippen LogP contribution is -2.36. The minimum absolute atomic E-state index is 0.0369. The van der Waals surface area contributed by atoms with E-state index in [0.29, 0.717) is 30.4 Å². The molecule has 1 heterocycles. The van der Waals surface area contributed by atoms with Gasteiger partial charge in [-0.15, -0.1) is 6.58 Å². The van der Waals surface area contributed by atoms with E-state index in [0.717, 1.165) is 12.0 Å². The highest BCUT2D eigenvalue weighted by Gasteiger charge is 2.14. The van der Waals surface area contributed by atoms with Crippen LogP contribution in [0.3, 0.4) is 0 Å². The molecule has 0 aliphatic rings. The van der Waals surface area contributed by atoms with Crippen LogP contribution in [0.5, 0.6) is 0 Å². The summed E-state index contributed by atoms with van der Waals surface area (Å²) in [5.74, 6) is 0.295. The maximum Gasteiger partial charge on any atom is 0.234 e. The van der Waals surface area contributed by atoms with Crippen molar-refractivity contribution in [3.8, 4) is 11.4 Å². The number of nitrogens with zero attached hydrogens (tertiary/aromatic N) is 4. The molecule has 0 radical (unpaired) electrons. The van der Waals surface area contributed by atoms with E-state index >= 15 is 0 Å². The average molecular weight is 377 g/mol. The van der Waals surface area contributed by atoms with Crippen LogP contribution in [0.2, 0.25) is 0 Å². The van der Waals surface area contributed by atoms with Crippen molar-refractivity contribution < 1.29 is 9.18 Å². The Morgan fingerprint density at radius 2 is 2.12 bits per heavy atom. The molecule has 0 spiro atoms. The molecule has 26 heavy (non-hydrogen) atoms. The van der Waals surface area contributed by atoms with Crippen molar-refractivity contribution in [2.45, 2.75) is 26.6 Å². The molecule has 1 N–H and O–H groups in total. The lowest BCUT2D eigenvalue weighted by Gasteiger charge is -2.15. The van der Waals surface area contributed by atoms with Crippen LogP contribution >= 0.6 is 12.2 Å². The van der Waals surface area contributed by atoms with Gasteiger partial charge < -0.3 is 5.32 Å². The van der Waals surface area contributed by atoms with Gasteiger partial charge in [0.15, 0.2) is 10.6 Å². The number of halogens is 1. The zero-order valence-corrected chi connectivity index (χ0v) is 15.9. The number of rotatable bonds is 9. The van der Waals surface area contributed by atoms with Crippen LogP contribution < -0.4 is 5.32 Å². The number of likely N-dealkylation sites (N-methyl/N-ethyl adjacent to an activating group) is 1. The predicted molar refractivity (Wildman–Crippen MR) is 103 cm³/mol. The van der Waals surface area contributed by atoms with Crippen molar-refractivity contribution >= 4 is 18.1 Å². The van der Waals surface area contributed by atoms with Crippen LogP contribution in [0.1, 0.15) is 13.3 Å². The molecular formula is C18H24FN5OS. The summed E-state index contributed by atoms with van der Waals surface area (Å²) < 4.78 is 17.2. The topological polar surface area (TPSA) is 55.1 Å². The number of amides is 1. The minimum atomic E-state index is -0.306. The van der Waals surface area contributed by atoms with Crippen molar-refractivity contribution in [2.24, 2.45) is 0 Å². The molecule has 0 aliphatic carbocycles. The molecule has 2 rings (SSSR count). The summed E-state index contributed by atoms with van der Waals surface area (Å²) in [5.41, 5.74) is 0.765. The Morgan fingerprint density at radius 1 is 1.42 bits per heavy atom. The zero-order chi connectivity index (χ0) is 19.1. The molecule has 0 unspecified atom stereocenters. The van der Waals surface area contributed by atoms with Gasteiger partial charge in [-0.3, -0.25) is 14.3 Å². The molecule has 0 atom stereocenters. The first-order chi connectivity index (χ1) is 12.5. The van der Waals surface area contributed by atoms with E-state index in [2.05, 4.69) is 17.0 Å². The highest BCUT2D eigenvalue weighted by Crippen LogP contribution is 2.19. The van der Waals surface area contributed by atoms with Crippen LogP contribution in [0.4, 0.5) is 4.39 Å². The number of hydrogen-bond acceptors (Lipinski definition) is 4. The van der Waals surface area contributed by atoms with Crippen molar-refractivity contribution in [3.05, 3.63) is 47.5 Å². The van der Waals surface area contributed by atoms with E-state index in [1.807, 2.05) is 23.4 Å². The van der Waals surface area contributed by atoms with Crippen molar-refractivity contribution in [2.75, 3.05) is 20.1 Å². The minimum Gasteiger partial charge on any atom is -0.355 e. The molecule has 0 aliphatic heterocycles. The van der Waals surface area contributed by atoms with E-state index in [-0.39, 0.29) is 18.3 Å². The monoisotopic (exact) mass is 377 g/mol. The Balaban J connectivity index is 2.22. The van der Waals surface area contributed by atoms with E-state index in [1.54, 1.807) is 22.9 Å². The zero-order valence-electron chi connectivity index (χ0n) is 15.1. The molecule has 6 nitrogen and oxygen atoms in total. The summed E-state index contributed by atoms with van der Waals surface area (Å²) >= 11 is 5.52. The Morgan fingerprint density at radius 3 is 2.73 bits per heavy atom. The first kappa shape index (κ1) is 20.0. The summed E-state index contributed by atoms with van der Waals surface area (Å²) in [4.78, 5) is 13.7. The number of benzene rings is 1. The number of aromatic nitrogens is 3. The van der Waals surface area contributed by atoms with Gasteiger partial charge in [-0.25, -0.2) is 9.07 Å². The molecule has 8 heteroatoms. The summed E-state index contributed by atoms with van der Waals surface area (Å²) in [7, 11) is 1.83. The molecule has 0 saturated carbocycles. The van der Waals surface area contributed by atoms with Gasteiger partial charge in [0.05, 0.1) is 13.2 Å². The van der Waals surface area contributed by atoms with Gasteiger partial charge in [-0.2, -0.15) is 5.10 Å². The molecule has 1 amide bonds. The number of allylic oxidation sites excluding steroid dienone is 1. The lowest BCUT2D eigenvalue weighted by molar-refractivity contribution is -0.122. The Hall–Kier alpha value is -2.32. The van der Waals surface area contributed by atoms with Gasteiger partial charge in [0.25, 0.3) is 0 Å². The van der Waals surface area contributed by atoms with Crippen LogP contribution in [0.25, 0.3) is 11.4 Å². The van der Waals surface area contributed by atoms with Gasteiger partial charge in [0, 0.05) is 18.7 Å². The van der Waals surface area contributed by atoms with E-state index in [1.165, 1.54) is 12.1 Å². The standard InChI is InChI=1S/C18H24FN5OS/c1-4-10-20-16(25)12-22(3)13-24-18(26)23(11-5-2)17(21-24)14-6-8-15(19)9-7-14/h5-9H,2,4,10-13H2,1,3H3,(H,20,25). The van der Waals surface area contributed by atoms with Gasteiger partial charge in [-0.05, 0) is 50.0 Å². The van der Waals surface area contributed by atoms with Gasteiger partial charge in [-0.1, -0.05) is 13.0 Å². The third-order valence-corrected chi connectivity index (χ3v) is 4.13. The molecule has 0 saturated heterocycles. The first-order valence-electron chi connectivity index (χ1n) is 8.46. The third kappa shape index (κ3) is 5.09. The summed E-state index contributed by atoms with van der Waals surface area (Å²) in [5, 5.41) is 7.41. The summed E-state index contributed by atoms with van der Waals surface area (Å²) in [6.45, 7) is 7.54. The Bertz CT molecular complexity index is 812. The number of hydrogen-bond donors (Lipinski definition) is 1.